The Balaban J connectivity index is 1.97. The zero-order valence-corrected chi connectivity index (χ0v) is 20.3. The van der Waals surface area contributed by atoms with Crippen molar-refractivity contribution in [2.45, 2.75) is 42.8 Å². The average Bonchev–Trinajstić information content (AvgIpc) is 3.07. The summed E-state index contributed by atoms with van der Waals surface area (Å²) >= 11 is 14.2. The van der Waals surface area contributed by atoms with Gasteiger partial charge in [-0.05, 0) is 52.9 Å². The zero-order chi connectivity index (χ0) is 22.7. The Hall–Kier alpha value is -2.24. The Morgan fingerprint density at radius 1 is 0.969 bits per heavy atom. The van der Waals surface area contributed by atoms with E-state index >= 15 is 0 Å². The smallest absolute Gasteiger partial charge is 0.0843 e. The van der Waals surface area contributed by atoms with E-state index in [1.165, 1.54) is 0 Å². The third-order valence-corrected chi connectivity index (χ3v) is 6.82. The van der Waals surface area contributed by atoms with Crippen molar-refractivity contribution in [3.63, 3.8) is 0 Å². The van der Waals surface area contributed by atoms with Crippen LogP contribution in [-0.4, -0.2) is 14.7 Å². The van der Waals surface area contributed by atoms with Crippen LogP contribution in [0.15, 0.2) is 83.0 Å². The van der Waals surface area contributed by atoms with Crippen LogP contribution in [0, 0.1) is 0 Å². The summed E-state index contributed by atoms with van der Waals surface area (Å²) in [7, 11) is 0. The Morgan fingerprint density at radius 2 is 1.62 bits per heavy atom. The van der Waals surface area contributed by atoms with Gasteiger partial charge in [0, 0.05) is 39.4 Å². The van der Waals surface area contributed by atoms with Crippen LogP contribution < -0.4 is 0 Å². The summed E-state index contributed by atoms with van der Waals surface area (Å²) in [5.41, 5.74) is 5.34. The molecule has 0 aliphatic carbocycles. The lowest BCUT2D eigenvalue weighted by Crippen LogP contribution is -2.04. The van der Waals surface area contributed by atoms with Gasteiger partial charge in [0.2, 0.25) is 0 Å². The third kappa shape index (κ3) is 4.89. The third-order valence-electron chi connectivity index (χ3n) is 5.28. The lowest BCUT2D eigenvalue weighted by Gasteiger charge is -2.16. The van der Waals surface area contributed by atoms with Gasteiger partial charge in [0.25, 0.3) is 0 Å². The second-order valence-electron chi connectivity index (χ2n) is 7.87. The van der Waals surface area contributed by atoms with Gasteiger partial charge in [0.1, 0.15) is 0 Å². The minimum atomic E-state index is -0.0368. The maximum absolute atomic E-state index is 10.5. The van der Waals surface area contributed by atoms with Gasteiger partial charge in [-0.3, -0.25) is 4.98 Å². The maximum atomic E-state index is 10.5. The molecular formula is C26H24Cl2N2OS. The maximum Gasteiger partial charge on any atom is 0.0843 e. The van der Waals surface area contributed by atoms with Gasteiger partial charge in [0.15, 0.2) is 0 Å². The van der Waals surface area contributed by atoms with E-state index in [1.807, 2.05) is 42.5 Å². The van der Waals surface area contributed by atoms with Gasteiger partial charge in [-0.15, -0.1) is 0 Å². The molecule has 4 rings (SSSR count). The number of aromatic nitrogens is 2. The van der Waals surface area contributed by atoms with Crippen LogP contribution in [0.5, 0.6) is 0 Å². The number of pyridine rings is 1. The number of hydrogen-bond donors (Lipinski definition) is 1. The highest BCUT2D eigenvalue weighted by Crippen LogP contribution is 2.44. The van der Waals surface area contributed by atoms with Crippen molar-refractivity contribution in [2.75, 3.05) is 0 Å². The van der Waals surface area contributed by atoms with Crippen LogP contribution in [0.1, 0.15) is 36.5 Å². The van der Waals surface area contributed by atoms with Crippen molar-refractivity contribution in [1.29, 1.82) is 0 Å². The molecule has 0 spiro atoms. The molecule has 0 saturated carbocycles. The van der Waals surface area contributed by atoms with E-state index in [1.54, 1.807) is 30.2 Å². The summed E-state index contributed by atoms with van der Waals surface area (Å²) in [5.74, 6) is 0.218. The van der Waals surface area contributed by atoms with E-state index < -0.39 is 0 Å². The molecule has 0 unspecified atom stereocenters. The topological polar surface area (TPSA) is 38.0 Å². The van der Waals surface area contributed by atoms with Crippen molar-refractivity contribution in [3.8, 4) is 11.3 Å². The van der Waals surface area contributed by atoms with E-state index in [-0.39, 0.29) is 12.5 Å². The molecular weight excluding hydrogens is 459 g/mol. The molecule has 0 saturated heterocycles. The van der Waals surface area contributed by atoms with Crippen molar-refractivity contribution < 1.29 is 5.11 Å². The highest BCUT2D eigenvalue weighted by atomic mass is 35.5. The second kappa shape index (κ2) is 10.1. The Bertz CT molecular complexity index is 1190. The predicted octanol–water partition coefficient (Wildman–Crippen LogP) is 7.67. The SMILES string of the molecule is CC(C)c1c(CO)c(-c2ccccc2)n(Cc2ccncc2)c1Sc1cc(Cl)cc(Cl)c1. The molecule has 32 heavy (non-hydrogen) atoms. The summed E-state index contributed by atoms with van der Waals surface area (Å²) in [5, 5.41) is 12.8. The second-order valence-corrected chi connectivity index (χ2v) is 9.81. The summed E-state index contributed by atoms with van der Waals surface area (Å²) < 4.78 is 2.30. The predicted molar refractivity (Wildman–Crippen MR) is 134 cm³/mol. The van der Waals surface area contributed by atoms with Crippen LogP contribution in [0.25, 0.3) is 11.3 Å². The largest absolute Gasteiger partial charge is 0.392 e. The summed E-state index contributed by atoms with van der Waals surface area (Å²) in [6.07, 6.45) is 3.61. The van der Waals surface area contributed by atoms with E-state index in [0.717, 1.165) is 37.9 Å². The van der Waals surface area contributed by atoms with Gasteiger partial charge in [-0.25, -0.2) is 0 Å². The standard InChI is InChI=1S/C26H24Cl2N2OS/c1-17(2)24-23(16-31)25(19-6-4-3-5-7-19)30(15-18-8-10-29-11-9-18)26(24)32-22-13-20(27)12-21(28)14-22/h3-14,17,31H,15-16H2,1-2H3. The molecule has 0 bridgehead atoms. The number of benzene rings is 2. The average molecular weight is 483 g/mol. The van der Waals surface area contributed by atoms with Gasteiger partial charge in [-0.1, -0.05) is 79.1 Å². The number of halogens is 2. The van der Waals surface area contributed by atoms with Crippen LogP contribution in [-0.2, 0) is 13.2 Å². The van der Waals surface area contributed by atoms with Crippen LogP contribution in [0.3, 0.4) is 0 Å². The fraction of sp³-hybridized carbons (Fsp3) is 0.192. The first kappa shape index (κ1) is 22.9. The van der Waals surface area contributed by atoms with Crippen molar-refractivity contribution in [2.24, 2.45) is 0 Å². The molecule has 0 aliphatic heterocycles. The first-order valence-electron chi connectivity index (χ1n) is 10.4. The molecule has 3 nitrogen and oxygen atoms in total. The molecule has 164 valence electrons. The zero-order valence-electron chi connectivity index (χ0n) is 17.9. The molecule has 0 atom stereocenters. The van der Waals surface area contributed by atoms with Crippen molar-refractivity contribution in [3.05, 3.63) is 99.8 Å². The summed E-state index contributed by atoms with van der Waals surface area (Å²) in [4.78, 5) is 5.12. The fourth-order valence-electron chi connectivity index (χ4n) is 3.98. The molecule has 2 aromatic carbocycles. The number of rotatable bonds is 7. The van der Waals surface area contributed by atoms with Gasteiger partial charge >= 0.3 is 0 Å². The first-order chi connectivity index (χ1) is 15.5. The molecule has 2 heterocycles. The van der Waals surface area contributed by atoms with Crippen LogP contribution >= 0.6 is 35.0 Å². The van der Waals surface area contributed by atoms with E-state index in [0.29, 0.717) is 16.6 Å². The lowest BCUT2D eigenvalue weighted by molar-refractivity contribution is 0.280. The summed E-state index contributed by atoms with van der Waals surface area (Å²) in [6, 6.07) is 19.9. The number of aliphatic hydroxyl groups excluding tert-OH is 1. The molecule has 2 aromatic heterocycles. The highest BCUT2D eigenvalue weighted by Gasteiger charge is 2.26. The Labute approximate surface area is 203 Å². The normalized spacial score (nSPS) is 11.3. The lowest BCUT2D eigenvalue weighted by atomic mass is 9.98. The summed E-state index contributed by atoms with van der Waals surface area (Å²) in [6.45, 7) is 4.94. The molecule has 1 N–H and O–H groups in total. The van der Waals surface area contributed by atoms with E-state index in [2.05, 4.69) is 35.5 Å². The van der Waals surface area contributed by atoms with E-state index in [9.17, 15) is 5.11 Å². The number of aliphatic hydroxyl groups is 1. The van der Waals surface area contributed by atoms with Crippen LogP contribution in [0.2, 0.25) is 10.0 Å². The first-order valence-corrected chi connectivity index (χ1v) is 12.0. The number of nitrogens with zero attached hydrogens (tertiary/aromatic N) is 2. The monoisotopic (exact) mass is 482 g/mol. The van der Waals surface area contributed by atoms with Crippen LogP contribution in [0.4, 0.5) is 0 Å². The van der Waals surface area contributed by atoms with Gasteiger partial charge < -0.3 is 9.67 Å². The Kier molecular flexibility index (Phi) is 7.27. The van der Waals surface area contributed by atoms with Crippen molar-refractivity contribution >= 4 is 35.0 Å². The van der Waals surface area contributed by atoms with E-state index in [4.69, 9.17) is 23.2 Å². The molecule has 0 fully saturated rings. The minimum Gasteiger partial charge on any atom is -0.392 e. The molecule has 0 amide bonds. The fourth-order valence-corrected chi connectivity index (χ4v) is 5.96. The quantitative estimate of drug-likeness (QED) is 0.293. The number of hydrogen-bond acceptors (Lipinski definition) is 3. The van der Waals surface area contributed by atoms with Gasteiger partial charge in [-0.2, -0.15) is 0 Å². The Morgan fingerprint density at radius 3 is 2.22 bits per heavy atom. The highest BCUT2D eigenvalue weighted by molar-refractivity contribution is 7.99. The minimum absolute atomic E-state index is 0.0368. The van der Waals surface area contributed by atoms with Crippen molar-refractivity contribution in [1.82, 2.24) is 9.55 Å². The molecule has 0 aliphatic rings. The molecule has 0 radical (unpaired) electrons. The molecule has 4 aromatic rings. The van der Waals surface area contributed by atoms with Gasteiger partial charge in [0.05, 0.1) is 17.3 Å². The molecule has 6 heteroatoms.